The van der Waals surface area contributed by atoms with E-state index in [4.69, 9.17) is 5.11 Å². The van der Waals surface area contributed by atoms with E-state index in [-0.39, 0.29) is 12.1 Å². The summed E-state index contributed by atoms with van der Waals surface area (Å²) in [5.41, 5.74) is -0.795. The molecule has 1 aromatic rings. The third kappa shape index (κ3) is 1.63. The van der Waals surface area contributed by atoms with Gasteiger partial charge in [-0.15, -0.1) is 0 Å². The van der Waals surface area contributed by atoms with Crippen molar-refractivity contribution in [3.05, 3.63) is 22.5 Å². The van der Waals surface area contributed by atoms with E-state index in [9.17, 15) is 14.9 Å². The van der Waals surface area contributed by atoms with Crippen molar-refractivity contribution in [2.24, 2.45) is 0 Å². The van der Waals surface area contributed by atoms with Gasteiger partial charge in [0.15, 0.2) is 0 Å². The van der Waals surface area contributed by atoms with Gasteiger partial charge < -0.3 is 10.4 Å². The normalized spacial score (nSPS) is 17.8. The van der Waals surface area contributed by atoms with Crippen LogP contribution in [-0.4, -0.2) is 38.9 Å². The number of aromatic nitrogens is 2. The van der Waals surface area contributed by atoms with Gasteiger partial charge in [-0.2, -0.15) is 5.10 Å². The molecule has 8 nitrogen and oxygen atoms in total. The lowest BCUT2D eigenvalue weighted by atomic mass is 9.89. The number of hydrogen-bond donors (Lipinski definition) is 2. The summed E-state index contributed by atoms with van der Waals surface area (Å²) in [6.45, 7) is 0.913. The minimum atomic E-state index is -0.945. The Kier molecular flexibility index (Phi) is 2.35. The smallest absolute Gasteiger partial charge is 0.307 e. The van der Waals surface area contributed by atoms with Crippen molar-refractivity contribution in [2.45, 2.75) is 12.0 Å². The Hall–Kier alpha value is -1.96. The minimum absolute atomic E-state index is 0.0984. The minimum Gasteiger partial charge on any atom is -0.481 e. The molecule has 0 unspecified atom stereocenters. The van der Waals surface area contributed by atoms with Crippen molar-refractivity contribution in [3.63, 3.8) is 0 Å². The first-order valence-corrected chi connectivity index (χ1v) is 4.66. The Bertz CT molecular complexity index is 437. The van der Waals surface area contributed by atoms with Crippen molar-refractivity contribution in [1.82, 2.24) is 15.1 Å². The van der Waals surface area contributed by atoms with Crippen molar-refractivity contribution in [3.8, 4) is 0 Å². The molecule has 0 saturated carbocycles. The van der Waals surface area contributed by atoms with Crippen LogP contribution in [0, 0.1) is 10.1 Å². The van der Waals surface area contributed by atoms with Crippen LogP contribution in [-0.2, 0) is 10.3 Å². The summed E-state index contributed by atoms with van der Waals surface area (Å²) >= 11 is 0. The van der Waals surface area contributed by atoms with E-state index in [1.54, 1.807) is 0 Å². The molecule has 0 amide bonds. The molecule has 0 aliphatic carbocycles. The summed E-state index contributed by atoms with van der Waals surface area (Å²) in [6.07, 6.45) is 2.30. The summed E-state index contributed by atoms with van der Waals surface area (Å²) in [7, 11) is 0. The molecule has 1 fully saturated rings. The van der Waals surface area contributed by atoms with E-state index in [1.165, 1.54) is 10.9 Å². The number of nitro groups is 1. The second-order valence-corrected chi connectivity index (χ2v) is 3.80. The molecular formula is C8H10N4O4. The third-order valence-electron chi connectivity index (χ3n) is 2.65. The predicted molar refractivity (Wildman–Crippen MR) is 52.0 cm³/mol. The van der Waals surface area contributed by atoms with Gasteiger partial charge in [0.2, 0.25) is 0 Å². The molecule has 2 rings (SSSR count). The van der Waals surface area contributed by atoms with Gasteiger partial charge in [-0.05, 0) is 0 Å². The second kappa shape index (κ2) is 3.56. The molecule has 1 aromatic heterocycles. The van der Waals surface area contributed by atoms with E-state index >= 15 is 0 Å². The highest BCUT2D eigenvalue weighted by atomic mass is 16.6. The van der Waals surface area contributed by atoms with Gasteiger partial charge in [0.25, 0.3) is 0 Å². The van der Waals surface area contributed by atoms with E-state index in [1.807, 2.05) is 0 Å². The van der Waals surface area contributed by atoms with E-state index in [2.05, 4.69) is 10.4 Å². The van der Waals surface area contributed by atoms with Crippen LogP contribution in [0.5, 0.6) is 0 Å². The lowest BCUT2D eigenvalue weighted by molar-refractivity contribution is -0.385. The standard InChI is InChI=1S/C8H10N4O4/c13-7(14)1-8(4-9-5-8)11-3-6(2-10-11)12(15)16/h2-3,9H,1,4-5H2,(H,13,14). The molecule has 1 aliphatic heterocycles. The molecule has 2 heterocycles. The summed E-state index contributed by atoms with van der Waals surface area (Å²) in [5.74, 6) is -0.945. The van der Waals surface area contributed by atoms with Gasteiger partial charge in [-0.25, -0.2) is 0 Å². The Labute approximate surface area is 90.0 Å². The van der Waals surface area contributed by atoms with Gasteiger partial charge in [-0.1, -0.05) is 0 Å². The van der Waals surface area contributed by atoms with Gasteiger partial charge in [-0.3, -0.25) is 19.6 Å². The highest BCUT2D eigenvalue weighted by Gasteiger charge is 2.42. The van der Waals surface area contributed by atoms with Crippen LogP contribution >= 0.6 is 0 Å². The maximum atomic E-state index is 10.7. The van der Waals surface area contributed by atoms with Crippen molar-refractivity contribution >= 4 is 11.7 Å². The summed E-state index contributed by atoms with van der Waals surface area (Å²) < 4.78 is 1.37. The number of rotatable bonds is 4. The van der Waals surface area contributed by atoms with Crippen LogP contribution < -0.4 is 5.32 Å². The van der Waals surface area contributed by atoms with Crippen LogP contribution in [0.25, 0.3) is 0 Å². The highest BCUT2D eigenvalue weighted by molar-refractivity contribution is 5.68. The van der Waals surface area contributed by atoms with Crippen LogP contribution in [0.3, 0.4) is 0 Å². The molecular weight excluding hydrogens is 216 g/mol. The largest absolute Gasteiger partial charge is 0.481 e. The van der Waals surface area contributed by atoms with E-state index in [0.29, 0.717) is 13.1 Å². The zero-order valence-electron chi connectivity index (χ0n) is 8.29. The Morgan fingerprint density at radius 2 is 2.44 bits per heavy atom. The van der Waals surface area contributed by atoms with Crippen LogP contribution in [0.1, 0.15) is 6.42 Å². The molecule has 0 atom stereocenters. The maximum Gasteiger partial charge on any atom is 0.307 e. The van der Waals surface area contributed by atoms with E-state index < -0.39 is 16.4 Å². The number of carboxylic acids is 1. The Morgan fingerprint density at radius 1 is 1.75 bits per heavy atom. The lowest BCUT2D eigenvalue weighted by Crippen LogP contribution is -2.61. The first-order valence-electron chi connectivity index (χ1n) is 4.66. The van der Waals surface area contributed by atoms with Gasteiger partial charge in [0, 0.05) is 13.1 Å². The molecule has 0 radical (unpaired) electrons. The molecule has 86 valence electrons. The first kappa shape index (κ1) is 10.6. The number of hydrogen-bond acceptors (Lipinski definition) is 5. The molecule has 16 heavy (non-hydrogen) atoms. The number of nitrogens with one attached hydrogen (secondary N) is 1. The summed E-state index contributed by atoms with van der Waals surface area (Å²) in [5, 5.41) is 26.1. The Balaban J connectivity index is 2.26. The SMILES string of the molecule is O=C(O)CC1(n2cc([N+](=O)[O-])cn2)CNC1. The molecule has 1 saturated heterocycles. The summed E-state index contributed by atoms with van der Waals surface area (Å²) in [4.78, 5) is 20.7. The summed E-state index contributed by atoms with van der Waals surface area (Å²) in [6, 6.07) is 0. The zero-order chi connectivity index (χ0) is 11.8. The fraction of sp³-hybridized carbons (Fsp3) is 0.500. The van der Waals surface area contributed by atoms with Gasteiger partial charge in [0.05, 0.1) is 16.9 Å². The number of nitrogens with zero attached hydrogens (tertiary/aromatic N) is 3. The number of carboxylic acid groups (broad SMARTS) is 1. The predicted octanol–water partition coefficient (Wildman–Crippen LogP) is -0.435. The number of carbonyl (C=O) groups is 1. The quantitative estimate of drug-likeness (QED) is 0.532. The van der Waals surface area contributed by atoms with Crippen molar-refractivity contribution < 1.29 is 14.8 Å². The monoisotopic (exact) mass is 226 g/mol. The van der Waals surface area contributed by atoms with Crippen LogP contribution in [0.15, 0.2) is 12.4 Å². The topological polar surface area (TPSA) is 110 Å². The van der Waals surface area contributed by atoms with Crippen LogP contribution in [0.2, 0.25) is 0 Å². The first-order chi connectivity index (χ1) is 7.53. The fourth-order valence-corrected chi connectivity index (χ4v) is 1.73. The molecule has 2 N–H and O–H groups in total. The second-order valence-electron chi connectivity index (χ2n) is 3.80. The highest BCUT2D eigenvalue weighted by Crippen LogP contribution is 2.26. The maximum absolute atomic E-state index is 10.7. The van der Waals surface area contributed by atoms with E-state index in [0.717, 1.165) is 6.20 Å². The molecule has 0 spiro atoms. The van der Waals surface area contributed by atoms with Crippen molar-refractivity contribution in [2.75, 3.05) is 13.1 Å². The molecule has 0 aromatic carbocycles. The van der Waals surface area contributed by atoms with Crippen molar-refractivity contribution in [1.29, 1.82) is 0 Å². The lowest BCUT2D eigenvalue weighted by Gasteiger charge is -2.41. The average molecular weight is 226 g/mol. The molecule has 0 bridgehead atoms. The molecule has 8 heteroatoms. The number of aliphatic carboxylic acids is 1. The average Bonchev–Trinajstić information content (AvgIpc) is 2.59. The van der Waals surface area contributed by atoms with Gasteiger partial charge >= 0.3 is 11.7 Å². The third-order valence-corrected chi connectivity index (χ3v) is 2.65. The Morgan fingerprint density at radius 3 is 2.81 bits per heavy atom. The fourth-order valence-electron chi connectivity index (χ4n) is 1.73. The molecule has 1 aliphatic rings. The zero-order valence-corrected chi connectivity index (χ0v) is 8.29. The van der Waals surface area contributed by atoms with Gasteiger partial charge in [0.1, 0.15) is 12.4 Å². The van der Waals surface area contributed by atoms with Crippen LogP contribution in [0.4, 0.5) is 5.69 Å².